The van der Waals surface area contributed by atoms with Crippen LogP contribution in [-0.2, 0) is 21.5 Å². The molecule has 0 saturated carbocycles. The fourth-order valence-corrected chi connectivity index (χ4v) is 3.88. The van der Waals surface area contributed by atoms with Gasteiger partial charge in [-0.2, -0.15) is 8.42 Å². The molecule has 9 nitrogen and oxygen atoms in total. The molecule has 0 spiro atoms. The smallest absolute Gasteiger partial charge is 0.313 e. The number of aromatic hydroxyl groups is 4. The number of aliphatic hydroxyl groups excluding tert-OH is 1. The molecule has 0 saturated heterocycles. The second kappa shape index (κ2) is 5.41. The molecule has 0 aromatic heterocycles. The van der Waals surface area contributed by atoms with E-state index in [1.54, 1.807) is 0 Å². The summed E-state index contributed by atoms with van der Waals surface area (Å²) in [5, 5.41) is 48.9. The predicted octanol–water partition coefficient (Wildman–Crippen LogP) is 0.546. The van der Waals surface area contributed by atoms with E-state index in [0.717, 1.165) is 30.3 Å². The molecule has 134 valence electrons. The van der Waals surface area contributed by atoms with Crippen LogP contribution in [0.5, 0.6) is 28.7 Å². The van der Waals surface area contributed by atoms with Gasteiger partial charge in [-0.3, -0.25) is 4.55 Å². The van der Waals surface area contributed by atoms with Gasteiger partial charge in [0.15, 0.2) is 11.5 Å². The summed E-state index contributed by atoms with van der Waals surface area (Å²) >= 11 is 0. The van der Waals surface area contributed by atoms with Gasteiger partial charge in [0, 0.05) is 29.7 Å². The van der Waals surface area contributed by atoms with Crippen LogP contribution in [0.3, 0.4) is 0 Å². The first-order chi connectivity index (χ1) is 11.6. The number of phenols is 4. The van der Waals surface area contributed by atoms with Crippen molar-refractivity contribution in [2.75, 3.05) is 0 Å². The van der Waals surface area contributed by atoms with Crippen molar-refractivity contribution in [2.45, 2.75) is 17.5 Å². The van der Waals surface area contributed by atoms with Gasteiger partial charge < -0.3 is 30.3 Å². The fourth-order valence-electron chi connectivity index (χ4n) is 2.84. The number of hydrogen-bond donors (Lipinski definition) is 6. The van der Waals surface area contributed by atoms with Crippen LogP contribution in [0.1, 0.15) is 11.1 Å². The van der Waals surface area contributed by atoms with E-state index in [2.05, 4.69) is 0 Å². The first-order valence-electron chi connectivity index (χ1n) is 6.97. The number of ether oxygens (including phenoxy) is 1. The molecule has 0 aliphatic carbocycles. The quantitative estimate of drug-likeness (QED) is 0.327. The maximum absolute atomic E-state index is 12.1. The molecule has 6 N–H and O–H groups in total. The lowest BCUT2D eigenvalue weighted by Gasteiger charge is -2.40. The van der Waals surface area contributed by atoms with Crippen LogP contribution in [0.25, 0.3) is 0 Å². The van der Waals surface area contributed by atoms with Gasteiger partial charge in [-0.15, -0.1) is 0 Å². The Balaban J connectivity index is 2.28. The molecular formula is C15H14O9S. The monoisotopic (exact) mass is 370 g/mol. The van der Waals surface area contributed by atoms with E-state index in [-0.39, 0.29) is 16.9 Å². The molecule has 0 fully saturated rings. The number of rotatable bonds is 2. The van der Waals surface area contributed by atoms with E-state index in [4.69, 9.17) is 4.74 Å². The van der Waals surface area contributed by atoms with Crippen molar-refractivity contribution in [3.8, 4) is 28.7 Å². The summed E-state index contributed by atoms with van der Waals surface area (Å²) in [7, 11) is -5.12. The Morgan fingerprint density at radius 3 is 2.28 bits per heavy atom. The lowest BCUT2D eigenvalue weighted by Crippen LogP contribution is -2.54. The molecule has 2 atom stereocenters. The molecule has 2 aromatic rings. The third-order valence-corrected chi connectivity index (χ3v) is 5.39. The highest BCUT2D eigenvalue weighted by molar-refractivity contribution is 7.86. The van der Waals surface area contributed by atoms with Crippen LogP contribution >= 0.6 is 0 Å². The van der Waals surface area contributed by atoms with Crippen LogP contribution in [0.15, 0.2) is 30.3 Å². The zero-order valence-corrected chi connectivity index (χ0v) is 13.3. The summed E-state index contributed by atoms with van der Waals surface area (Å²) in [5.74, 6) is -2.36. The van der Waals surface area contributed by atoms with Crippen molar-refractivity contribution in [3.05, 3.63) is 41.5 Å². The van der Waals surface area contributed by atoms with E-state index < -0.39 is 50.6 Å². The Morgan fingerprint density at radius 2 is 1.68 bits per heavy atom. The lowest BCUT2D eigenvalue weighted by molar-refractivity contribution is -0.0189. The van der Waals surface area contributed by atoms with Gasteiger partial charge in [0.25, 0.3) is 4.93 Å². The molecular weight excluding hydrogens is 356 g/mol. The summed E-state index contributed by atoms with van der Waals surface area (Å²) in [6.07, 6.45) is -2.29. The topological polar surface area (TPSA) is 165 Å². The molecule has 0 radical (unpaired) electrons. The zero-order valence-electron chi connectivity index (χ0n) is 12.5. The molecule has 0 amide bonds. The van der Waals surface area contributed by atoms with Crippen LogP contribution in [0.4, 0.5) is 0 Å². The highest BCUT2D eigenvalue weighted by atomic mass is 32.2. The van der Waals surface area contributed by atoms with E-state index in [0.29, 0.717) is 0 Å². The zero-order chi connectivity index (χ0) is 18.6. The summed E-state index contributed by atoms with van der Waals surface area (Å²) < 4.78 is 39.3. The largest absolute Gasteiger partial charge is 0.508 e. The van der Waals surface area contributed by atoms with Crippen LogP contribution in [-0.4, -0.2) is 44.6 Å². The van der Waals surface area contributed by atoms with Gasteiger partial charge >= 0.3 is 10.1 Å². The summed E-state index contributed by atoms with van der Waals surface area (Å²) in [6, 6.07) is 4.83. The molecule has 1 aliphatic heterocycles. The average Bonchev–Trinajstić information content (AvgIpc) is 2.49. The van der Waals surface area contributed by atoms with Crippen molar-refractivity contribution in [1.29, 1.82) is 0 Å². The van der Waals surface area contributed by atoms with Crippen LogP contribution < -0.4 is 4.74 Å². The fraction of sp³-hybridized carbons (Fsp3) is 0.200. The minimum atomic E-state index is -5.12. The summed E-state index contributed by atoms with van der Waals surface area (Å²) in [5.41, 5.74) is -0.321. The Kier molecular flexibility index (Phi) is 3.71. The van der Waals surface area contributed by atoms with Crippen molar-refractivity contribution >= 4 is 10.1 Å². The number of benzene rings is 2. The molecule has 25 heavy (non-hydrogen) atoms. The van der Waals surface area contributed by atoms with Gasteiger partial charge in [-0.05, 0) is 18.2 Å². The van der Waals surface area contributed by atoms with Gasteiger partial charge in [0.1, 0.15) is 23.4 Å². The number of aliphatic hydroxyl groups is 1. The standard InChI is InChI=1S/C15H14O9S/c16-8-4-11(18)9-6-14(20)15(25(21,22)23,24-13(9)5-8)7-1-2-10(17)12(19)3-7/h1-5,14,16-20H,6H2,(H,21,22,23)/t14-,15+/m1/s1. The van der Waals surface area contributed by atoms with Crippen molar-refractivity contribution in [1.82, 2.24) is 0 Å². The van der Waals surface area contributed by atoms with Crippen molar-refractivity contribution < 1.29 is 43.2 Å². The minimum absolute atomic E-state index is 0.0348. The Bertz CT molecular complexity index is 954. The molecule has 0 unspecified atom stereocenters. The number of hydrogen-bond acceptors (Lipinski definition) is 8. The minimum Gasteiger partial charge on any atom is -0.508 e. The molecule has 10 heteroatoms. The summed E-state index contributed by atoms with van der Waals surface area (Å²) in [4.78, 5) is -2.73. The molecule has 2 aromatic carbocycles. The predicted molar refractivity (Wildman–Crippen MR) is 83.1 cm³/mol. The lowest BCUT2D eigenvalue weighted by atomic mass is 9.93. The highest BCUT2D eigenvalue weighted by Gasteiger charge is 2.57. The number of fused-ring (bicyclic) bond motifs is 1. The molecule has 3 rings (SSSR count). The molecule has 0 bridgehead atoms. The SMILES string of the molecule is O=S(=O)(O)[C@]1(c2ccc(O)c(O)c2)Oc2cc(O)cc(O)c2C[C@H]1O. The Morgan fingerprint density at radius 1 is 1.00 bits per heavy atom. The average molecular weight is 370 g/mol. The second-order valence-corrected chi connectivity index (χ2v) is 7.17. The molecule has 1 aliphatic rings. The van der Waals surface area contributed by atoms with Gasteiger partial charge in [0.2, 0.25) is 0 Å². The van der Waals surface area contributed by atoms with E-state index in [1.165, 1.54) is 0 Å². The van der Waals surface area contributed by atoms with Crippen LogP contribution in [0, 0.1) is 0 Å². The Hall–Kier alpha value is -2.69. The Labute approximate surface area is 141 Å². The third-order valence-electron chi connectivity index (χ3n) is 4.03. The first-order valence-corrected chi connectivity index (χ1v) is 8.41. The number of phenolic OH excluding ortho intramolecular Hbond substituents is 4. The molecule has 1 heterocycles. The van der Waals surface area contributed by atoms with E-state index in [9.17, 15) is 38.5 Å². The first kappa shape index (κ1) is 17.1. The maximum atomic E-state index is 12.1. The van der Waals surface area contributed by atoms with Gasteiger partial charge in [0.05, 0.1) is 0 Å². The normalized spacial score (nSPS) is 22.9. The maximum Gasteiger partial charge on any atom is 0.313 e. The van der Waals surface area contributed by atoms with E-state index >= 15 is 0 Å². The second-order valence-electron chi connectivity index (χ2n) is 5.61. The van der Waals surface area contributed by atoms with Crippen molar-refractivity contribution in [2.24, 2.45) is 0 Å². The summed E-state index contributed by atoms with van der Waals surface area (Å²) in [6.45, 7) is 0. The van der Waals surface area contributed by atoms with Crippen molar-refractivity contribution in [3.63, 3.8) is 0 Å². The highest BCUT2D eigenvalue weighted by Crippen LogP contribution is 2.48. The van der Waals surface area contributed by atoms with Gasteiger partial charge in [-0.25, -0.2) is 0 Å². The third kappa shape index (κ3) is 2.51. The van der Waals surface area contributed by atoms with Gasteiger partial charge in [-0.1, -0.05) is 0 Å². The van der Waals surface area contributed by atoms with E-state index in [1.807, 2.05) is 0 Å². The van der Waals surface area contributed by atoms with Crippen LogP contribution in [0.2, 0.25) is 0 Å².